The van der Waals surface area contributed by atoms with E-state index in [4.69, 9.17) is 0 Å². The quantitative estimate of drug-likeness (QED) is 0.780. The summed E-state index contributed by atoms with van der Waals surface area (Å²) in [5.41, 5.74) is -1.28. The lowest BCUT2D eigenvalue weighted by atomic mass is 10.1. The van der Waals surface area contributed by atoms with E-state index in [0.29, 0.717) is 5.69 Å². The molecule has 2 aromatic carbocycles. The summed E-state index contributed by atoms with van der Waals surface area (Å²) in [6, 6.07) is 12.6. The summed E-state index contributed by atoms with van der Waals surface area (Å²) in [7, 11) is 1.34. The van der Waals surface area contributed by atoms with Crippen LogP contribution >= 0.6 is 0 Å². The highest BCUT2D eigenvalue weighted by molar-refractivity contribution is 6.06. The Morgan fingerprint density at radius 3 is 2.52 bits per heavy atom. The Hall–Kier alpha value is -2.83. The second-order valence-electron chi connectivity index (χ2n) is 5.08. The molecule has 3 aromatic rings. The first-order valence-electron chi connectivity index (χ1n) is 6.75. The van der Waals surface area contributed by atoms with E-state index in [0.717, 1.165) is 21.7 Å². The smallest absolute Gasteiger partial charge is 0.322 e. The van der Waals surface area contributed by atoms with E-state index in [1.165, 1.54) is 7.05 Å². The lowest BCUT2D eigenvalue weighted by molar-refractivity contribution is -0.141. The number of fused-ring (bicyclic) bond motifs is 1. The number of nitrogens with zero attached hydrogens (tertiary/aromatic N) is 2. The van der Waals surface area contributed by atoms with Crippen LogP contribution in [0.4, 0.5) is 18.9 Å². The Morgan fingerprint density at radius 2 is 1.83 bits per heavy atom. The van der Waals surface area contributed by atoms with E-state index in [9.17, 15) is 18.0 Å². The topological polar surface area (TPSA) is 46.9 Å². The first-order chi connectivity index (χ1) is 10.8. The van der Waals surface area contributed by atoms with E-state index >= 15 is 0 Å². The number of nitrogens with one attached hydrogen (secondary N) is 1. The fraction of sp³-hybridized carbons (Fsp3) is 0.125. The van der Waals surface area contributed by atoms with Crippen molar-refractivity contribution in [1.29, 1.82) is 0 Å². The third-order valence-corrected chi connectivity index (χ3v) is 3.35. The van der Waals surface area contributed by atoms with Gasteiger partial charge in [-0.15, -0.1) is 0 Å². The van der Waals surface area contributed by atoms with Crippen molar-refractivity contribution in [2.45, 2.75) is 6.18 Å². The molecule has 0 atom stereocenters. The number of benzene rings is 2. The van der Waals surface area contributed by atoms with Crippen molar-refractivity contribution in [2.75, 3.05) is 5.32 Å². The van der Waals surface area contributed by atoms with Gasteiger partial charge in [0.15, 0.2) is 5.69 Å². The van der Waals surface area contributed by atoms with Crippen molar-refractivity contribution in [1.82, 2.24) is 9.78 Å². The van der Waals surface area contributed by atoms with Crippen LogP contribution in [0.5, 0.6) is 0 Å². The van der Waals surface area contributed by atoms with Gasteiger partial charge >= 0.3 is 6.18 Å². The van der Waals surface area contributed by atoms with Crippen LogP contribution in [0, 0.1) is 0 Å². The number of alkyl halides is 3. The Labute approximate surface area is 129 Å². The van der Waals surface area contributed by atoms with E-state index in [1.54, 1.807) is 18.2 Å². The molecule has 7 heteroatoms. The first-order valence-corrected chi connectivity index (χ1v) is 6.75. The van der Waals surface area contributed by atoms with Gasteiger partial charge in [0.05, 0.1) is 5.56 Å². The normalized spacial score (nSPS) is 11.7. The van der Waals surface area contributed by atoms with Crippen LogP contribution in [0.15, 0.2) is 48.7 Å². The summed E-state index contributed by atoms with van der Waals surface area (Å²) in [4.78, 5) is 12.2. The van der Waals surface area contributed by atoms with Gasteiger partial charge in [0.2, 0.25) is 0 Å². The molecule has 0 aliphatic carbocycles. The maximum absolute atomic E-state index is 12.9. The van der Waals surface area contributed by atoms with Gasteiger partial charge in [0.25, 0.3) is 5.91 Å². The summed E-state index contributed by atoms with van der Waals surface area (Å²) >= 11 is 0. The maximum atomic E-state index is 12.9. The van der Waals surface area contributed by atoms with E-state index in [1.807, 2.05) is 24.3 Å². The standard InChI is InChI=1S/C16H12F3N3O/c1-22-9-13(14(21-22)16(17,18)19)15(23)20-12-7-6-10-4-2-3-5-11(10)8-12/h2-9H,1H3,(H,20,23). The Morgan fingerprint density at radius 1 is 1.13 bits per heavy atom. The van der Waals surface area contributed by atoms with Crippen molar-refractivity contribution in [2.24, 2.45) is 7.05 Å². The van der Waals surface area contributed by atoms with Crippen molar-refractivity contribution >= 4 is 22.4 Å². The second-order valence-corrected chi connectivity index (χ2v) is 5.08. The summed E-state index contributed by atoms with van der Waals surface area (Å²) in [6.45, 7) is 0. The molecule has 1 heterocycles. The molecule has 3 rings (SSSR count). The first kappa shape index (κ1) is 15.1. The molecule has 23 heavy (non-hydrogen) atoms. The molecule has 0 saturated carbocycles. The molecule has 1 amide bonds. The highest BCUT2D eigenvalue weighted by Crippen LogP contribution is 2.31. The van der Waals surface area contributed by atoms with Crippen LogP contribution < -0.4 is 5.32 Å². The zero-order valence-corrected chi connectivity index (χ0v) is 12.1. The van der Waals surface area contributed by atoms with Gasteiger partial charge in [-0.3, -0.25) is 9.48 Å². The molecule has 0 spiro atoms. The van der Waals surface area contributed by atoms with Crippen LogP contribution in [0.25, 0.3) is 10.8 Å². The minimum absolute atomic E-state index is 0.422. The second kappa shape index (κ2) is 5.42. The summed E-state index contributed by atoms with van der Waals surface area (Å²) < 4.78 is 39.7. The third-order valence-electron chi connectivity index (χ3n) is 3.35. The highest BCUT2D eigenvalue weighted by Gasteiger charge is 2.38. The number of halogens is 3. The molecule has 0 radical (unpaired) electrons. The van der Waals surface area contributed by atoms with Gasteiger partial charge in [-0.05, 0) is 22.9 Å². The van der Waals surface area contributed by atoms with Gasteiger partial charge < -0.3 is 5.32 Å². The number of aryl methyl sites for hydroxylation is 1. The third kappa shape index (κ3) is 3.03. The number of amides is 1. The number of rotatable bonds is 2. The summed E-state index contributed by atoms with van der Waals surface area (Å²) in [6.07, 6.45) is -3.63. The fourth-order valence-electron chi connectivity index (χ4n) is 2.33. The predicted molar refractivity (Wildman–Crippen MR) is 80.1 cm³/mol. The molecule has 0 unspecified atom stereocenters. The average molecular weight is 319 g/mol. The summed E-state index contributed by atoms with van der Waals surface area (Å²) in [5.74, 6) is -0.847. The number of carbonyl (C=O) groups excluding carboxylic acids is 1. The average Bonchev–Trinajstić information content (AvgIpc) is 2.89. The molecule has 1 aromatic heterocycles. The molecule has 4 nitrogen and oxygen atoms in total. The number of aromatic nitrogens is 2. The zero-order valence-electron chi connectivity index (χ0n) is 12.1. The molecule has 0 saturated heterocycles. The zero-order chi connectivity index (χ0) is 16.6. The van der Waals surface area contributed by atoms with Crippen molar-refractivity contribution in [3.05, 3.63) is 59.9 Å². The van der Waals surface area contributed by atoms with E-state index in [2.05, 4.69) is 10.4 Å². The Bertz CT molecular complexity index is 884. The molecule has 0 aliphatic heterocycles. The minimum atomic E-state index is -4.68. The SMILES string of the molecule is Cn1cc(C(=O)Nc2ccc3ccccc3c2)c(C(F)(F)F)n1. The number of carbonyl (C=O) groups is 1. The number of hydrogen-bond acceptors (Lipinski definition) is 2. The molecule has 0 bridgehead atoms. The van der Waals surface area contributed by atoms with Crippen LogP contribution in [0.1, 0.15) is 16.1 Å². The molecule has 0 aliphatic rings. The number of anilines is 1. The van der Waals surface area contributed by atoms with Crippen molar-refractivity contribution in [3.63, 3.8) is 0 Å². The maximum Gasteiger partial charge on any atom is 0.435 e. The van der Waals surface area contributed by atoms with Crippen LogP contribution in [-0.4, -0.2) is 15.7 Å². The Balaban J connectivity index is 1.92. The highest BCUT2D eigenvalue weighted by atomic mass is 19.4. The van der Waals surface area contributed by atoms with Gasteiger partial charge in [-0.2, -0.15) is 18.3 Å². The Kier molecular flexibility index (Phi) is 3.55. The van der Waals surface area contributed by atoms with E-state index in [-0.39, 0.29) is 0 Å². The largest absolute Gasteiger partial charge is 0.435 e. The molecular weight excluding hydrogens is 307 g/mol. The van der Waals surface area contributed by atoms with Gasteiger partial charge in [-0.1, -0.05) is 30.3 Å². The lowest BCUT2D eigenvalue weighted by Gasteiger charge is -2.08. The van der Waals surface area contributed by atoms with Crippen molar-refractivity contribution < 1.29 is 18.0 Å². The van der Waals surface area contributed by atoms with Crippen LogP contribution in [0.3, 0.4) is 0 Å². The molecule has 118 valence electrons. The molecular formula is C16H12F3N3O. The van der Waals surface area contributed by atoms with Gasteiger partial charge in [0, 0.05) is 18.9 Å². The predicted octanol–water partition coefficient (Wildman–Crippen LogP) is 3.84. The van der Waals surface area contributed by atoms with Crippen LogP contribution in [-0.2, 0) is 13.2 Å². The molecule has 1 N–H and O–H groups in total. The van der Waals surface area contributed by atoms with Gasteiger partial charge in [0.1, 0.15) is 0 Å². The number of hydrogen-bond donors (Lipinski definition) is 1. The van der Waals surface area contributed by atoms with Crippen LogP contribution in [0.2, 0.25) is 0 Å². The lowest BCUT2D eigenvalue weighted by Crippen LogP contribution is -2.17. The van der Waals surface area contributed by atoms with E-state index < -0.39 is 23.3 Å². The molecule has 0 fully saturated rings. The minimum Gasteiger partial charge on any atom is -0.322 e. The monoisotopic (exact) mass is 319 g/mol. The summed E-state index contributed by atoms with van der Waals surface area (Å²) in [5, 5.41) is 7.67. The van der Waals surface area contributed by atoms with Gasteiger partial charge in [-0.25, -0.2) is 0 Å². The van der Waals surface area contributed by atoms with Crippen molar-refractivity contribution in [3.8, 4) is 0 Å². The fourth-order valence-corrected chi connectivity index (χ4v) is 2.33.